The second kappa shape index (κ2) is 7.71. The zero-order chi connectivity index (χ0) is 17.7. The first kappa shape index (κ1) is 18.6. The molecular weight excluding hydrogens is 308 g/mol. The van der Waals surface area contributed by atoms with Crippen molar-refractivity contribution in [3.05, 3.63) is 41.5 Å². The van der Waals surface area contributed by atoms with Gasteiger partial charge in [0.25, 0.3) is 5.91 Å². The molecule has 1 amide bonds. The highest BCUT2D eigenvalue weighted by molar-refractivity contribution is 5.96. The van der Waals surface area contributed by atoms with E-state index in [0.717, 1.165) is 29.2 Å². The number of benzene rings is 1. The number of carbonyl (C=O) groups is 2. The first-order chi connectivity index (χ1) is 10.7. The van der Waals surface area contributed by atoms with Crippen LogP contribution in [0.4, 0.5) is 8.78 Å². The molecule has 1 rings (SSSR count). The van der Waals surface area contributed by atoms with Gasteiger partial charge in [-0.3, -0.25) is 4.79 Å². The second-order valence-electron chi connectivity index (χ2n) is 5.31. The van der Waals surface area contributed by atoms with Gasteiger partial charge in [-0.2, -0.15) is 0 Å². The maximum absolute atomic E-state index is 13.6. The fourth-order valence-corrected chi connectivity index (χ4v) is 2.13. The molecule has 0 aliphatic carbocycles. The fourth-order valence-electron chi connectivity index (χ4n) is 2.13. The van der Waals surface area contributed by atoms with Crippen LogP contribution in [-0.2, 0) is 14.3 Å². The summed E-state index contributed by atoms with van der Waals surface area (Å²) in [6, 6.07) is 1.64. The minimum Gasteiger partial charge on any atom is -0.507 e. The van der Waals surface area contributed by atoms with Crippen LogP contribution >= 0.6 is 0 Å². The number of hydrogen-bond acceptors (Lipinski definition) is 4. The van der Waals surface area contributed by atoms with Crippen LogP contribution in [0.3, 0.4) is 0 Å². The minimum atomic E-state index is -0.871. The summed E-state index contributed by atoms with van der Waals surface area (Å²) < 4.78 is 31.3. The van der Waals surface area contributed by atoms with Gasteiger partial charge < -0.3 is 14.7 Å². The number of carbonyl (C=O) groups excluding carboxylic acids is 2. The van der Waals surface area contributed by atoms with Crippen molar-refractivity contribution in [2.45, 2.75) is 19.9 Å². The number of hydrogen-bond donors (Lipinski definition) is 1. The first-order valence-corrected chi connectivity index (χ1v) is 6.89. The molecule has 0 aromatic heterocycles. The lowest BCUT2D eigenvalue weighted by molar-refractivity contribution is -0.152. The topological polar surface area (TPSA) is 66.8 Å². The van der Waals surface area contributed by atoms with Crippen molar-refractivity contribution in [3.8, 4) is 0 Å². The molecule has 0 aliphatic rings. The molecule has 0 aliphatic heterocycles. The number of rotatable bonds is 5. The molecule has 1 unspecified atom stereocenters. The van der Waals surface area contributed by atoms with Crippen molar-refractivity contribution >= 4 is 17.6 Å². The molecule has 0 heterocycles. The van der Waals surface area contributed by atoms with E-state index in [1.54, 1.807) is 13.8 Å². The van der Waals surface area contributed by atoms with Crippen LogP contribution in [0.5, 0.6) is 0 Å². The Morgan fingerprint density at radius 2 is 1.91 bits per heavy atom. The van der Waals surface area contributed by atoms with Crippen molar-refractivity contribution in [3.63, 3.8) is 0 Å². The Balaban J connectivity index is 3.08. The van der Waals surface area contributed by atoms with Crippen LogP contribution in [0.2, 0.25) is 0 Å². The smallest absolute Gasteiger partial charge is 0.328 e. The Labute approximate surface area is 133 Å². The van der Waals surface area contributed by atoms with Gasteiger partial charge in [0.15, 0.2) is 0 Å². The molecule has 1 aromatic rings. The fraction of sp³-hybridized carbons (Fsp3) is 0.375. The van der Waals surface area contributed by atoms with Crippen LogP contribution in [0, 0.1) is 17.6 Å². The lowest BCUT2D eigenvalue weighted by Gasteiger charge is -2.28. The predicted octanol–water partition coefficient (Wildman–Crippen LogP) is 2.52. The highest BCUT2D eigenvalue weighted by Crippen LogP contribution is 2.18. The van der Waals surface area contributed by atoms with Gasteiger partial charge in [-0.25, -0.2) is 13.6 Å². The molecule has 1 atom stereocenters. The van der Waals surface area contributed by atoms with Crippen molar-refractivity contribution in [1.29, 1.82) is 0 Å². The molecule has 0 radical (unpaired) electrons. The Kier molecular flexibility index (Phi) is 6.24. The molecule has 7 heteroatoms. The summed E-state index contributed by atoms with van der Waals surface area (Å²) in [7, 11) is 2.56. The molecule has 0 fully saturated rings. The van der Waals surface area contributed by atoms with Gasteiger partial charge in [-0.15, -0.1) is 0 Å². The lowest BCUT2D eigenvalue weighted by Crippen LogP contribution is -2.45. The molecule has 0 bridgehead atoms. The van der Waals surface area contributed by atoms with E-state index in [9.17, 15) is 23.5 Å². The van der Waals surface area contributed by atoms with Gasteiger partial charge in [0.05, 0.1) is 12.7 Å². The molecule has 0 saturated carbocycles. The van der Waals surface area contributed by atoms with Crippen LogP contribution in [-0.4, -0.2) is 42.1 Å². The lowest BCUT2D eigenvalue weighted by atomic mass is 10.0. The van der Waals surface area contributed by atoms with E-state index in [1.807, 2.05) is 0 Å². The minimum absolute atomic E-state index is 0.238. The standard InChI is InChI=1S/C16H19F2NO4/c1-9(2)15(16(22)23-4)19(3)14(21)8-13(20)11-7-10(17)5-6-12(11)18/h5-9,15,20H,1-4H3/b13-8-. The number of ether oxygens (including phenoxy) is 1. The molecule has 5 nitrogen and oxygen atoms in total. The average molecular weight is 327 g/mol. The maximum atomic E-state index is 13.6. The normalized spacial score (nSPS) is 12.9. The summed E-state index contributed by atoms with van der Waals surface area (Å²) in [5.74, 6) is -3.94. The van der Waals surface area contributed by atoms with Gasteiger partial charge in [0.2, 0.25) is 0 Å². The number of aliphatic hydroxyl groups excluding tert-OH is 1. The van der Waals surface area contributed by atoms with E-state index in [1.165, 1.54) is 14.2 Å². The number of likely N-dealkylation sites (N-methyl/N-ethyl adjacent to an activating group) is 1. The van der Waals surface area contributed by atoms with Gasteiger partial charge in [-0.1, -0.05) is 13.8 Å². The summed E-state index contributed by atoms with van der Waals surface area (Å²) in [4.78, 5) is 25.0. The number of amides is 1. The zero-order valence-corrected chi connectivity index (χ0v) is 13.3. The Morgan fingerprint density at radius 1 is 1.30 bits per heavy atom. The van der Waals surface area contributed by atoms with Crippen molar-refractivity contribution < 1.29 is 28.2 Å². The molecular formula is C16H19F2NO4. The third-order valence-corrected chi connectivity index (χ3v) is 3.30. The number of aliphatic hydroxyl groups is 1. The largest absolute Gasteiger partial charge is 0.507 e. The van der Waals surface area contributed by atoms with E-state index in [4.69, 9.17) is 0 Å². The predicted molar refractivity (Wildman–Crippen MR) is 80.4 cm³/mol. The van der Waals surface area contributed by atoms with Crippen molar-refractivity contribution in [2.24, 2.45) is 5.92 Å². The third kappa shape index (κ3) is 4.51. The SMILES string of the molecule is COC(=O)C(C(C)C)N(C)C(=O)/C=C(\O)c1cc(F)ccc1F. The quantitative estimate of drug-likeness (QED) is 0.513. The third-order valence-electron chi connectivity index (χ3n) is 3.30. The van der Waals surface area contributed by atoms with Gasteiger partial charge >= 0.3 is 5.97 Å². The summed E-state index contributed by atoms with van der Waals surface area (Å²) >= 11 is 0. The second-order valence-corrected chi connectivity index (χ2v) is 5.31. The van der Waals surface area contributed by atoms with E-state index in [2.05, 4.69) is 4.74 Å². The van der Waals surface area contributed by atoms with Crippen molar-refractivity contribution in [2.75, 3.05) is 14.2 Å². The molecule has 1 aromatic carbocycles. The summed E-state index contributed by atoms with van der Waals surface area (Å²) in [5, 5.41) is 9.85. The Bertz CT molecular complexity index is 629. The number of esters is 1. The Morgan fingerprint density at radius 3 is 2.43 bits per heavy atom. The monoisotopic (exact) mass is 327 g/mol. The number of methoxy groups -OCH3 is 1. The van der Waals surface area contributed by atoms with Crippen LogP contribution in [0.25, 0.3) is 5.76 Å². The average Bonchev–Trinajstić information content (AvgIpc) is 2.48. The van der Waals surface area contributed by atoms with E-state index in [-0.39, 0.29) is 5.92 Å². The Hall–Kier alpha value is -2.44. The van der Waals surface area contributed by atoms with E-state index >= 15 is 0 Å². The van der Waals surface area contributed by atoms with Gasteiger partial charge in [0.1, 0.15) is 23.4 Å². The van der Waals surface area contributed by atoms with Crippen LogP contribution in [0.1, 0.15) is 19.4 Å². The number of nitrogens with zero attached hydrogens (tertiary/aromatic N) is 1. The van der Waals surface area contributed by atoms with Crippen LogP contribution < -0.4 is 0 Å². The van der Waals surface area contributed by atoms with E-state index in [0.29, 0.717) is 0 Å². The van der Waals surface area contributed by atoms with Gasteiger partial charge in [-0.05, 0) is 24.1 Å². The molecule has 0 saturated heterocycles. The van der Waals surface area contributed by atoms with E-state index < -0.39 is 40.9 Å². The van der Waals surface area contributed by atoms with Crippen molar-refractivity contribution in [1.82, 2.24) is 4.90 Å². The number of halogens is 2. The molecule has 126 valence electrons. The first-order valence-electron chi connectivity index (χ1n) is 6.89. The molecule has 23 heavy (non-hydrogen) atoms. The zero-order valence-electron chi connectivity index (χ0n) is 13.3. The molecule has 1 N–H and O–H groups in total. The van der Waals surface area contributed by atoms with Gasteiger partial charge in [0, 0.05) is 13.1 Å². The maximum Gasteiger partial charge on any atom is 0.328 e. The van der Waals surface area contributed by atoms with Crippen LogP contribution in [0.15, 0.2) is 24.3 Å². The molecule has 0 spiro atoms. The summed E-state index contributed by atoms with van der Waals surface area (Å²) in [6.45, 7) is 3.45. The summed E-state index contributed by atoms with van der Waals surface area (Å²) in [5.41, 5.74) is -0.439. The highest BCUT2D eigenvalue weighted by Gasteiger charge is 2.30. The summed E-state index contributed by atoms with van der Waals surface area (Å²) in [6.07, 6.45) is 0.732. The highest BCUT2D eigenvalue weighted by atomic mass is 19.1.